The number of benzene rings is 1. The molecule has 0 bridgehead atoms. The number of rotatable bonds is 7. The first-order valence-electron chi connectivity index (χ1n) is 6.44. The van der Waals surface area contributed by atoms with Crippen LogP contribution in [0.3, 0.4) is 0 Å². The molecule has 0 aliphatic heterocycles. The lowest BCUT2D eigenvalue weighted by Crippen LogP contribution is -2.01. The van der Waals surface area contributed by atoms with Gasteiger partial charge in [-0.15, -0.1) is 11.8 Å². The van der Waals surface area contributed by atoms with Crippen LogP contribution >= 0.6 is 27.7 Å². The van der Waals surface area contributed by atoms with Gasteiger partial charge in [0.25, 0.3) is 0 Å². The van der Waals surface area contributed by atoms with E-state index in [2.05, 4.69) is 20.9 Å². The molecule has 0 aliphatic carbocycles. The summed E-state index contributed by atoms with van der Waals surface area (Å²) in [5.74, 6) is 1.88. The number of nitrogens with zero attached hydrogens (tertiary/aromatic N) is 1. The molecule has 1 heterocycles. The molecule has 106 valence electrons. The van der Waals surface area contributed by atoms with Crippen molar-refractivity contribution in [1.29, 1.82) is 0 Å². The minimum Gasteiger partial charge on any atom is -0.494 e. The molecule has 5 heteroatoms. The molecular weight excluding hydrogens is 336 g/mol. The van der Waals surface area contributed by atoms with Crippen molar-refractivity contribution >= 4 is 27.7 Å². The molecule has 0 fully saturated rings. The predicted octanol–water partition coefficient (Wildman–Crippen LogP) is 3.86. The van der Waals surface area contributed by atoms with Crippen LogP contribution < -0.4 is 10.5 Å². The van der Waals surface area contributed by atoms with E-state index in [0.717, 1.165) is 33.0 Å². The molecule has 0 unspecified atom stereocenters. The fourth-order valence-corrected chi connectivity index (χ4v) is 2.63. The number of aromatic nitrogens is 1. The van der Waals surface area contributed by atoms with Gasteiger partial charge < -0.3 is 10.5 Å². The van der Waals surface area contributed by atoms with Gasteiger partial charge in [0.2, 0.25) is 0 Å². The summed E-state index contributed by atoms with van der Waals surface area (Å²) in [6.45, 7) is 1.25. The smallest absolute Gasteiger partial charge is 0.119 e. The van der Waals surface area contributed by atoms with Gasteiger partial charge in [0.1, 0.15) is 5.75 Å². The number of nitrogens with two attached hydrogens (primary N) is 1. The average Bonchev–Trinajstić information content (AvgIpc) is 2.49. The van der Waals surface area contributed by atoms with Crippen LogP contribution in [0.1, 0.15) is 12.0 Å². The van der Waals surface area contributed by atoms with Crippen molar-refractivity contribution in [3.05, 3.63) is 52.6 Å². The zero-order chi connectivity index (χ0) is 14.2. The molecule has 0 atom stereocenters. The Morgan fingerprint density at radius 2 is 2.15 bits per heavy atom. The fraction of sp³-hybridized carbons (Fsp3) is 0.267. The Hall–Kier alpha value is -1.04. The van der Waals surface area contributed by atoms with Gasteiger partial charge in [0.05, 0.1) is 11.6 Å². The second kappa shape index (κ2) is 8.29. The molecule has 2 aromatic rings. The van der Waals surface area contributed by atoms with Gasteiger partial charge in [-0.25, -0.2) is 4.98 Å². The SMILES string of the molecule is NCc1cccc(OCCCSc2ccc(Br)cn2)c1. The Bertz CT molecular complexity index is 534. The lowest BCUT2D eigenvalue weighted by atomic mass is 10.2. The average molecular weight is 353 g/mol. The number of hydrogen-bond acceptors (Lipinski definition) is 4. The maximum absolute atomic E-state index is 5.71. The highest BCUT2D eigenvalue weighted by Gasteiger charge is 1.98. The molecule has 3 nitrogen and oxygen atoms in total. The highest BCUT2D eigenvalue weighted by Crippen LogP contribution is 2.19. The zero-order valence-electron chi connectivity index (χ0n) is 11.1. The number of halogens is 1. The summed E-state index contributed by atoms with van der Waals surface area (Å²) < 4.78 is 6.71. The maximum Gasteiger partial charge on any atom is 0.119 e. The summed E-state index contributed by atoms with van der Waals surface area (Å²) in [6, 6.07) is 11.9. The maximum atomic E-state index is 5.71. The van der Waals surface area contributed by atoms with Crippen LogP contribution in [-0.4, -0.2) is 17.3 Å². The van der Waals surface area contributed by atoms with E-state index in [4.69, 9.17) is 10.5 Å². The summed E-state index contributed by atoms with van der Waals surface area (Å²) >= 11 is 5.12. The highest BCUT2D eigenvalue weighted by molar-refractivity contribution is 9.10. The normalized spacial score (nSPS) is 10.5. The summed E-state index contributed by atoms with van der Waals surface area (Å²) in [4.78, 5) is 4.32. The first kappa shape index (κ1) is 15.4. The van der Waals surface area contributed by atoms with Crippen molar-refractivity contribution in [3.63, 3.8) is 0 Å². The number of pyridine rings is 1. The molecule has 0 saturated carbocycles. The Balaban J connectivity index is 1.67. The van der Waals surface area contributed by atoms with Crippen molar-refractivity contribution < 1.29 is 4.74 Å². The Kier molecular flexibility index (Phi) is 6.36. The Morgan fingerprint density at radius 3 is 2.90 bits per heavy atom. The van der Waals surface area contributed by atoms with Crippen LogP contribution in [0.2, 0.25) is 0 Å². The second-order valence-corrected chi connectivity index (χ2v) is 6.25. The van der Waals surface area contributed by atoms with Crippen molar-refractivity contribution in [3.8, 4) is 5.75 Å². The molecule has 2 rings (SSSR count). The third kappa shape index (κ3) is 5.15. The zero-order valence-corrected chi connectivity index (χ0v) is 13.5. The molecule has 1 aromatic carbocycles. The minimum atomic E-state index is 0.544. The van der Waals surface area contributed by atoms with E-state index < -0.39 is 0 Å². The standard InChI is InChI=1S/C15H17BrN2OS/c16-13-5-6-15(18-11-13)20-8-2-7-19-14-4-1-3-12(9-14)10-17/h1,3-6,9,11H,2,7-8,10,17H2. The highest BCUT2D eigenvalue weighted by atomic mass is 79.9. The van der Waals surface area contributed by atoms with Crippen LogP contribution in [0.25, 0.3) is 0 Å². The molecule has 1 aromatic heterocycles. The van der Waals surface area contributed by atoms with Gasteiger partial charge >= 0.3 is 0 Å². The number of ether oxygens (including phenoxy) is 1. The number of thioether (sulfide) groups is 1. The molecule has 0 saturated heterocycles. The minimum absolute atomic E-state index is 0.544. The second-order valence-electron chi connectivity index (χ2n) is 4.22. The Morgan fingerprint density at radius 1 is 1.25 bits per heavy atom. The monoisotopic (exact) mass is 352 g/mol. The molecule has 0 radical (unpaired) electrons. The van der Waals surface area contributed by atoms with Crippen molar-refractivity contribution in [2.75, 3.05) is 12.4 Å². The summed E-state index contributed by atoms with van der Waals surface area (Å²) in [7, 11) is 0. The molecular formula is C15H17BrN2OS. The molecule has 0 amide bonds. The molecule has 0 aliphatic rings. The van der Waals surface area contributed by atoms with Gasteiger partial charge in [-0.05, 0) is 52.2 Å². The van der Waals surface area contributed by atoms with Crippen LogP contribution in [0, 0.1) is 0 Å². The van der Waals surface area contributed by atoms with E-state index in [-0.39, 0.29) is 0 Å². The largest absolute Gasteiger partial charge is 0.494 e. The predicted molar refractivity (Wildman–Crippen MR) is 87.1 cm³/mol. The van der Waals surface area contributed by atoms with E-state index in [1.807, 2.05) is 42.6 Å². The third-order valence-corrected chi connectivity index (χ3v) is 4.14. The van der Waals surface area contributed by atoms with Gasteiger partial charge in [-0.3, -0.25) is 0 Å². The van der Waals surface area contributed by atoms with Gasteiger partial charge in [0.15, 0.2) is 0 Å². The summed E-state index contributed by atoms with van der Waals surface area (Å²) in [5.41, 5.74) is 6.69. The fourth-order valence-electron chi connectivity index (χ4n) is 1.64. The molecule has 20 heavy (non-hydrogen) atoms. The third-order valence-electron chi connectivity index (χ3n) is 2.64. The van der Waals surface area contributed by atoms with E-state index in [1.165, 1.54) is 0 Å². The van der Waals surface area contributed by atoms with Gasteiger partial charge in [-0.1, -0.05) is 12.1 Å². The summed E-state index contributed by atoms with van der Waals surface area (Å²) in [5, 5.41) is 1.04. The quantitative estimate of drug-likeness (QED) is 0.607. The van der Waals surface area contributed by atoms with Crippen molar-refractivity contribution in [2.24, 2.45) is 5.73 Å². The van der Waals surface area contributed by atoms with Gasteiger partial charge in [-0.2, -0.15) is 0 Å². The van der Waals surface area contributed by atoms with Crippen LogP contribution in [0.4, 0.5) is 0 Å². The van der Waals surface area contributed by atoms with E-state index in [0.29, 0.717) is 13.2 Å². The first-order valence-corrected chi connectivity index (χ1v) is 8.22. The Labute approximate surface area is 132 Å². The number of hydrogen-bond donors (Lipinski definition) is 1. The molecule has 2 N–H and O–H groups in total. The van der Waals surface area contributed by atoms with E-state index >= 15 is 0 Å². The first-order chi connectivity index (χ1) is 9.78. The summed E-state index contributed by atoms with van der Waals surface area (Å²) in [6.07, 6.45) is 2.80. The molecule has 0 spiro atoms. The van der Waals surface area contributed by atoms with Crippen LogP contribution in [0.15, 0.2) is 52.1 Å². The van der Waals surface area contributed by atoms with Gasteiger partial charge in [0, 0.05) is 23.0 Å². The van der Waals surface area contributed by atoms with Crippen molar-refractivity contribution in [2.45, 2.75) is 18.0 Å². The lowest BCUT2D eigenvalue weighted by molar-refractivity contribution is 0.318. The van der Waals surface area contributed by atoms with E-state index in [9.17, 15) is 0 Å². The lowest BCUT2D eigenvalue weighted by Gasteiger charge is -2.07. The van der Waals surface area contributed by atoms with Crippen LogP contribution in [0.5, 0.6) is 5.75 Å². The topological polar surface area (TPSA) is 48.1 Å². The van der Waals surface area contributed by atoms with Crippen molar-refractivity contribution in [1.82, 2.24) is 4.98 Å². The van der Waals surface area contributed by atoms with E-state index in [1.54, 1.807) is 11.8 Å². The van der Waals surface area contributed by atoms with Crippen LogP contribution in [-0.2, 0) is 6.54 Å².